The SMILES string of the molecule is c1ccc2c(c1)Oc1cc(-c3ccc(-c4cccc5c4oc4ccccc45)c4ccccc34)ccc1C21c2ccccc2-c2ccccc21. The van der Waals surface area contributed by atoms with Crippen molar-refractivity contribution in [1.82, 2.24) is 0 Å². The third-order valence-electron chi connectivity index (χ3n) is 10.8. The number of hydrogen-bond acceptors (Lipinski definition) is 2. The molecule has 0 radical (unpaired) electrons. The van der Waals surface area contributed by atoms with E-state index in [1.54, 1.807) is 0 Å². The molecule has 2 heteroatoms. The highest BCUT2D eigenvalue weighted by molar-refractivity contribution is 6.13. The number of furan rings is 1. The van der Waals surface area contributed by atoms with E-state index in [1.807, 2.05) is 12.1 Å². The third-order valence-corrected chi connectivity index (χ3v) is 10.8. The van der Waals surface area contributed by atoms with Crippen molar-refractivity contribution in [2.45, 2.75) is 5.41 Å². The molecule has 8 aromatic carbocycles. The molecule has 11 rings (SSSR count). The van der Waals surface area contributed by atoms with Crippen LogP contribution >= 0.6 is 0 Å². The van der Waals surface area contributed by atoms with Crippen LogP contribution in [-0.2, 0) is 5.41 Å². The zero-order valence-electron chi connectivity index (χ0n) is 26.5. The van der Waals surface area contributed by atoms with E-state index in [-0.39, 0.29) is 0 Å². The normalized spacial score (nSPS) is 13.6. The van der Waals surface area contributed by atoms with E-state index in [0.717, 1.165) is 50.1 Å². The Labute approximate surface area is 283 Å². The van der Waals surface area contributed by atoms with Crippen molar-refractivity contribution in [3.8, 4) is 44.9 Å². The van der Waals surface area contributed by atoms with E-state index in [9.17, 15) is 0 Å². The number of rotatable bonds is 2. The quantitative estimate of drug-likeness (QED) is 0.191. The Balaban J connectivity index is 1.13. The van der Waals surface area contributed by atoms with E-state index < -0.39 is 5.41 Å². The minimum atomic E-state index is -0.465. The minimum absolute atomic E-state index is 0.465. The van der Waals surface area contributed by atoms with Gasteiger partial charge in [-0.1, -0.05) is 152 Å². The molecule has 0 fully saturated rings. The fourth-order valence-corrected chi connectivity index (χ4v) is 8.77. The van der Waals surface area contributed by atoms with Crippen LogP contribution in [0.3, 0.4) is 0 Å². The lowest BCUT2D eigenvalue weighted by Crippen LogP contribution is -2.32. The zero-order valence-corrected chi connectivity index (χ0v) is 26.5. The highest BCUT2D eigenvalue weighted by Gasteiger charge is 2.50. The Bertz CT molecular complexity index is 2770. The molecule has 1 aromatic heterocycles. The van der Waals surface area contributed by atoms with Crippen LogP contribution in [0.25, 0.3) is 66.1 Å². The summed E-state index contributed by atoms with van der Waals surface area (Å²) in [6.07, 6.45) is 0. The smallest absolute Gasteiger partial charge is 0.143 e. The first kappa shape index (κ1) is 26.7. The number of benzene rings is 8. The first-order valence-corrected chi connectivity index (χ1v) is 16.8. The topological polar surface area (TPSA) is 22.4 Å². The van der Waals surface area contributed by atoms with E-state index in [1.165, 1.54) is 49.7 Å². The Morgan fingerprint density at radius 3 is 1.71 bits per heavy atom. The van der Waals surface area contributed by atoms with Gasteiger partial charge in [-0.3, -0.25) is 0 Å². The standard InChI is InChI=1S/C47H28O2/c1-2-13-32-31(12-1)30(25-26-33(32)37-17-11-18-38-36-16-5-9-22-43(36)49-46(37)38)29-24-27-42-45(28-29)48-44-23-10-8-21-41(44)47(42)39-19-6-3-14-34(39)35-15-4-7-20-40(35)47/h1-28H. The molecule has 0 saturated heterocycles. The minimum Gasteiger partial charge on any atom is -0.457 e. The molecule has 2 heterocycles. The fourth-order valence-electron chi connectivity index (χ4n) is 8.77. The first-order chi connectivity index (χ1) is 24.3. The average molecular weight is 625 g/mol. The molecule has 2 aliphatic rings. The van der Waals surface area contributed by atoms with Crippen molar-refractivity contribution < 1.29 is 9.15 Å². The van der Waals surface area contributed by atoms with Gasteiger partial charge < -0.3 is 9.15 Å². The largest absolute Gasteiger partial charge is 0.457 e. The van der Waals surface area contributed by atoms with Gasteiger partial charge in [0.2, 0.25) is 0 Å². The van der Waals surface area contributed by atoms with Gasteiger partial charge in [0.05, 0.1) is 5.41 Å². The Morgan fingerprint density at radius 1 is 0.347 bits per heavy atom. The van der Waals surface area contributed by atoms with Crippen LogP contribution in [-0.4, -0.2) is 0 Å². The van der Waals surface area contributed by atoms with Gasteiger partial charge in [-0.2, -0.15) is 0 Å². The van der Waals surface area contributed by atoms with E-state index >= 15 is 0 Å². The molecule has 9 aromatic rings. The van der Waals surface area contributed by atoms with Gasteiger partial charge in [-0.05, 0) is 67.9 Å². The molecule has 0 amide bonds. The highest BCUT2D eigenvalue weighted by atomic mass is 16.5. The monoisotopic (exact) mass is 624 g/mol. The van der Waals surface area contributed by atoms with Gasteiger partial charge in [0, 0.05) is 27.5 Å². The molecule has 0 N–H and O–H groups in total. The molecule has 0 bridgehead atoms. The maximum atomic E-state index is 6.83. The average Bonchev–Trinajstić information content (AvgIpc) is 3.69. The lowest BCUT2D eigenvalue weighted by Gasteiger charge is -2.39. The summed E-state index contributed by atoms with van der Waals surface area (Å²) in [7, 11) is 0. The van der Waals surface area contributed by atoms with Gasteiger partial charge in [0.15, 0.2) is 0 Å². The molecule has 0 unspecified atom stereocenters. The molecule has 49 heavy (non-hydrogen) atoms. The van der Waals surface area contributed by atoms with Gasteiger partial charge in [-0.25, -0.2) is 0 Å². The summed E-state index contributed by atoms with van der Waals surface area (Å²) in [6.45, 7) is 0. The summed E-state index contributed by atoms with van der Waals surface area (Å²) in [4.78, 5) is 0. The fraction of sp³-hybridized carbons (Fsp3) is 0.0213. The molecular weight excluding hydrogens is 597 g/mol. The second kappa shape index (κ2) is 9.82. The number of ether oxygens (including phenoxy) is 1. The van der Waals surface area contributed by atoms with Crippen LogP contribution < -0.4 is 4.74 Å². The lowest BCUT2D eigenvalue weighted by molar-refractivity contribution is 0.436. The van der Waals surface area contributed by atoms with Gasteiger partial charge in [0.1, 0.15) is 22.7 Å². The van der Waals surface area contributed by atoms with Crippen molar-refractivity contribution in [2.24, 2.45) is 0 Å². The van der Waals surface area contributed by atoms with Crippen LogP contribution in [0.5, 0.6) is 11.5 Å². The summed E-state index contributed by atoms with van der Waals surface area (Å²) in [5.41, 5.74) is 13.4. The van der Waals surface area contributed by atoms with Gasteiger partial charge >= 0.3 is 0 Å². The molecular formula is C47H28O2. The van der Waals surface area contributed by atoms with E-state index in [4.69, 9.17) is 9.15 Å². The summed E-state index contributed by atoms with van der Waals surface area (Å²) in [6, 6.07) is 61.1. The molecule has 2 nitrogen and oxygen atoms in total. The van der Waals surface area contributed by atoms with Crippen molar-refractivity contribution in [3.05, 3.63) is 192 Å². The molecule has 0 saturated carbocycles. The van der Waals surface area contributed by atoms with Crippen LogP contribution in [0.2, 0.25) is 0 Å². The molecule has 0 atom stereocenters. The molecule has 1 aliphatic heterocycles. The maximum Gasteiger partial charge on any atom is 0.143 e. The second-order valence-electron chi connectivity index (χ2n) is 13.1. The van der Waals surface area contributed by atoms with Crippen molar-refractivity contribution >= 4 is 32.7 Å². The van der Waals surface area contributed by atoms with E-state index in [2.05, 4.69) is 158 Å². The predicted molar refractivity (Wildman–Crippen MR) is 199 cm³/mol. The molecule has 1 aliphatic carbocycles. The summed E-state index contributed by atoms with van der Waals surface area (Å²) in [5.74, 6) is 1.79. The second-order valence-corrected chi connectivity index (χ2v) is 13.1. The highest BCUT2D eigenvalue weighted by Crippen LogP contribution is 2.62. The van der Waals surface area contributed by atoms with Crippen molar-refractivity contribution in [3.63, 3.8) is 0 Å². The van der Waals surface area contributed by atoms with Crippen LogP contribution in [0.15, 0.2) is 174 Å². The van der Waals surface area contributed by atoms with Crippen molar-refractivity contribution in [1.29, 1.82) is 0 Å². The summed E-state index contributed by atoms with van der Waals surface area (Å²) in [5, 5.41) is 4.65. The molecule has 1 spiro atoms. The van der Waals surface area contributed by atoms with Gasteiger partial charge in [0.25, 0.3) is 0 Å². The number of fused-ring (bicyclic) bond motifs is 13. The Morgan fingerprint density at radius 2 is 0.918 bits per heavy atom. The Kier molecular flexibility index (Phi) is 5.34. The number of para-hydroxylation sites is 3. The predicted octanol–water partition coefficient (Wildman–Crippen LogP) is 12.5. The first-order valence-electron chi connectivity index (χ1n) is 16.8. The maximum absolute atomic E-state index is 6.83. The van der Waals surface area contributed by atoms with Crippen LogP contribution in [0.1, 0.15) is 22.3 Å². The number of hydrogen-bond donors (Lipinski definition) is 0. The third kappa shape index (κ3) is 3.50. The van der Waals surface area contributed by atoms with Gasteiger partial charge in [-0.15, -0.1) is 0 Å². The lowest BCUT2D eigenvalue weighted by atomic mass is 9.66. The summed E-state index contributed by atoms with van der Waals surface area (Å²) >= 11 is 0. The Hall–Kier alpha value is -6.38. The molecule has 228 valence electrons. The zero-order chi connectivity index (χ0) is 32.1. The van der Waals surface area contributed by atoms with Crippen LogP contribution in [0.4, 0.5) is 0 Å². The van der Waals surface area contributed by atoms with Crippen molar-refractivity contribution in [2.75, 3.05) is 0 Å². The van der Waals surface area contributed by atoms with Crippen LogP contribution in [0, 0.1) is 0 Å². The summed E-state index contributed by atoms with van der Waals surface area (Å²) < 4.78 is 13.3. The van der Waals surface area contributed by atoms with E-state index in [0.29, 0.717) is 0 Å².